The molecule has 0 spiro atoms. The molecule has 3 aromatic rings. The van der Waals surface area contributed by atoms with Gasteiger partial charge in [0.2, 0.25) is 0 Å². The van der Waals surface area contributed by atoms with Gasteiger partial charge in [0.15, 0.2) is 0 Å². The third kappa shape index (κ3) is 2.11. The third-order valence-electron chi connectivity index (χ3n) is 4.25. The molecule has 106 valence electrons. The van der Waals surface area contributed by atoms with Gasteiger partial charge in [0.1, 0.15) is 5.00 Å². The van der Waals surface area contributed by atoms with Crippen LogP contribution in [0.5, 0.6) is 0 Å². The Labute approximate surface area is 128 Å². The molecule has 2 heterocycles. The maximum absolute atomic E-state index is 6.04. The molecule has 0 bridgehead atoms. The van der Waals surface area contributed by atoms with Crippen LogP contribution in [-0.4, -0.2) is 17.0 Å². The molecule has 3 nitrogen and oxygen atoms in total. The lowest BCUT2D eigenvalue weighted by molar-refractivity contribution is 0.566. The van der Waals surface area contributed by atoms with Crippen LogP contribution in [-0.2, 0) is 13.0 Å². The number of fused-ring (bicyclic) bond motifs is 2. The SMILES string of the molecule is NCC1Cc2ccccc2CN1c1snc2ccccc12. The molecule has 0 saturated heterocycles. The lowest BCUT2D eigenvalue weighted by atomic mass is 9.94. The first kappa shape index (κ1) is 12.8. The molecule has 1 aliphatic heterocycles. The van der Waals surface area contributed by atoms with Gasteiger partial charge < -0.3 is 10.6 Å². The van der Waals surface area contributed by atoms with Gasteiger partial charge in [0.25, 0.3) is 0 Å². The van der Waals surface area contributed by atoms with Gasteiger partial charge in [-0.3, -0.25) is 0 Å². The summed E-state index contributed by atoms with van der Waals surface area (Å²) in [4.78, 5) is 2.43. The molecule has 0 aliphatic carbocycles. The third-order valence-corrected chi connectivity index (χ3v) is 5.17. The minimum absolute atomic E-state index is 0.351. The molecule has 2 N–H and O–H groups in total. The van der Waals surface area contributed by atoms with Gasteiger partial charge in [-0.05, 0) is 41.2 Å². The second kappa shape index (κ2) is 5.13. The summed E-state index contributed by atoms with van der Waals surface area (Å²) < 4.78 is 4.58. The fourth-order valence-corrected chi connectivity index (χ4v) is 4.05. The number of benzene rings is 2. The maximum Gasteiger partial charge on any atom is 0.120 e. The fraction of sp³-hybridized carbons (Fsp3) is 0.235. The van der Waals surface area contributed by atoms with E-state index in [1.807, 2.05) is 6.07 Å². The van der Waals surface area contributed by atoms with E-state index < -0.39 is 0 Å². The van der Waals surface area contributed by atoms with Gasteiger partial charge in [-0.2, -0.15) is 4.37 Å². The summed E-state index contributed by atoms with van der Waals surface area (Å²) in [5.74, 6) is 0. The van der Waals surface area contributed by atoms with Crippen molar-refractivity contribution < 1.29 is 0 Å². The fourth-order valence-electron chi connectivity index (χ4n) is 3.12. The highest BCUT2D eigenvalue weighted by atomic mass is 32.1. The predicted octanol–water partition coefficient (Wildman–Crippen LogP) is 3.19. The van der Waals surface area contributed by atoms with Crippen LogP contribution in [0.4, 0.5) is 5.00 Å². The average molecular weight is 295 g/mol. The van der Waals surface area contributed by atoms with E-state index >= 15 is 0 Å². The lowest BCUT2D eigenvalue weighted by Crippen LogP contribution is -2.44. The maximum atomic E-state index is 6.04. The molecule has 0 saturated carbocycles. The molecular weight excluding hydrogens is 278 g/mol. The number of hydrogen-bond donors (Lipinski definition) is 1. The number of nitrogens with two attached hydrogens (primary N) is 1. The van der Waals surface area contributed by atoms with Crippen molar-refractivity contribution in [3.05, 3.63) is 59.7 Å². The van der Waals surface area contributed by atoms with Gasteiger partial charge in [0.05, 0.1) is 5.52 Å². The van der Waals surface area contributed by atoms with E-state index in [1.165, 1.54) is 21.5 Å². The number of aromatic nitrogens is 1. The Hall–Kier alpha value is -1.91. The molecule has 4 heteroatoms. The highest BCUT2D eigenvalue weighted by molar-refractivity contribution is 7.11. The Balaban J connectivity index is 1.80. The predicted molar refractivity (Wildman–Crippen MR) is 88.8 cm³/mol. The molecule has 1 unspecified atom stereocenters. The van der Waals surface area contributed by atoms with Crippen LogP contribution < -0.4 is 10.6 Å². The minimum Gasteiger partial charge on any atom is -0.353 e. The Morgan fingerprint density at radius 2 is 1.86 bits per heavy atom. The van der Waals surface area contributed by atoms with E-state index in [-0.39, 0.29) is 0 Å². The standard InChI is InChI=1S/C17H17N3S/c18-10-14-9-12-5-1-2-6-13(12)11-20(14)17-15-7-3-4-8-16(15)19-21-17/h1-8,14H,9-11,18H2. The van der Waals surface area contributed by atoms with Crippen molar-refractivity contribution in [1.82, 2.24) is 4.37 Å². The zero-order valence-corrected chi connectivity index (χ0v) is 12.5. The van der Waals surface area contributed by atoms with Crippen molar-refractivity contribution in [2.24, 2.45) is 5.73 Å². The zero-order chi connectivity index (χ0) is 14.2. The molecule has 0 radical (unpaired) electrons. The Kier molecular flexibility index (Phi) is 3.13. The molecule has 1 aromatic heterocycles. The van der Waals surface area contributed by atoms with Crippen molar-refractivity contribution >= 4 is 27.4 Å². The van der Waals surface area contributed by atoms with Crippen LogP contribution in [0.2, 0.25) is 0 Å². The lowest BCUT2D eigenvalue weighted by Gasteiger charge is -2.37. The van der Waals surface area contributed by atoms with Crippen molar-refractivity contribution in [3.63, 3.8) is 0 Å². The molecule has 21 heavy (non-hydrogen) atoms. The van der Waals surface area contributed by atoms with Gasteiger partial charge >= 0.3 is 0 Å². The molecule has 1 aliphatic rings. The molecule has 1 atom stereocenters. The van der Waals surface area contributed by atoms with E-state index in [0.29, 0.717) is 12.6 Å². The Morgan fingerprint density at radius 1 is 1.10 bits per heavy atom. The van der Waals surface area contributed by atoms with Gasteiger partial charge in [-0.15, -0.1) is 0 Å². The Morgan fingerprint density at radius 3 is 2.71 bits per heavy atom. The topological polar surface area (TPSA) is 42.1 Å². The monoisotopic (exact) mass is 295 g/mol. The summed E-state index contributed by atoms with van der Waals surface area (Å²) in [6.45, 7) is 1.59. The molecular formula is C17H17N3S. The van der Waals surface area contributed by atoms with E-state index in [9.17, 15) is 0 Å². The second-order valence-corrected chi connectivity index (χ2v) is 6.25. The minimum atomic E-state index is 0.351. The number of nitrogens with zero attached hydrogens (tertiary/aromatic N) is 2. The molecule has 2 aromatic carbocycles. The van der Waals surface area contributed by atoms with Crippen molar-refractivity contribution in [3.8, 4) is 0 Å². The summed E-state index contributed by atoms with van der Waals surface area (Å²) in [6, 6.07) is 17.4. The number of rotatable bonds is 2. The van der Waals surface area contributed by atoms with Crippen LogP contribution in [0.25, 0.3) is 10.9 Å². The first-order valence-corrected chi connectivity index (χ1v) is 8.02. The van der Waals surface area contributed by atoms with Crippen LogP contribution in [0.3, 0.4) is 0 Å². The van der Waals surface area contributed by atoms with Crippen LogP contribution in [0, 0.1) is 0 Å². The van der Waals surface area contributed by atoms with Gasteiger partial charge in [-0.25, -0.2) is 0 Å². The van der Waals surface area contributed by atoms with E-state index in [1.54, 1.807) is 11.5 Å². The number of anilines is 1. The summed E-state index contributed by atoms with van der Waals surface area (Å²) in [5.41, 5.74) is 9.95. The quantitative estimate of drug-likeness (QED) is 0.789. The van der Waals surface area contributed by atoms with E-state index in [4.69, 9.17) is 5.73 Å². The smallest absolute Gasteiger partial charge is 0.120 e. The van der Waals surface area contributed by atoms with E-state index in [0.717, 1.165) is 18.5 Å². The number of hydrogen-bond acceptors (Lipinski definition) is 4. The molecule has 4 rings (SSSR count). The highest BCUT2D eigenvalue weighted by Crippen LogP contribution is 2.36. The molecule has 0 amide bonds. The van der Waals surface area contributed by atoms with Crippen LogP contribution in [0.15, 0.2) is 48.5 Å². The summed E-state index contributed by atoms with van der Waals surface area (Å²) in [5, 5.41) is 2.48. The van der Waals surface area contributed by atoms with Gasteiger partial charge in [0, 0.05) is 24.5 Å². The molecule has 0 fully saturated rings. The van der Waals surface area contributed by atoms with Crippen molar-refractivity contribution in [1.29, 1.82) is 0 Å². The highest BCUT2D eigenvalue weighted by Gasteiger charge is 2.27. The van der Waals surface area contributed by atoms with Gasteiger partial charge in [-0.1, -0.05) is 36.4 Å². The van der Waals surface area contributed by atoms with Crippen molar-refractivity contribution in [2.45, 2.75) is 19.0 Å². The van der Waals surface area contributed by atoms with E-state index in [2.05, 4.69) is 51.7 Å². The zero-order valence-electron chi connectivity index (χ0n) is 11.7. The van der Waals surface area contributed by atoms with Crippen LogP contribution in [0.1, 0.15) is 11.1 Å². The second-order valence-electron chi connectivity index (χ2n) is 5.50. The summed E-state index contributed by atoms with van der Waals surface area (Å²) >= 11 is 1.58. The summed E-state index contributed by atoms with van der Waals surface area (Å²) in [7, 11) is 0. The Bertz CT molecular complexity index is 780. The largest absolute Gasteiger partial charge is 0.353 e. The first-order chi connectivity index (χ1) is 10.4. The van der Waals surface area contributed by atoms with Crippen molar-refractivity contribution in [2.75, 3.05) is 11.4 Å². The normalized spacial score (nSPS) is 18.0. The first-order valence-electron chi connectivity index (χ1n) is 7.24. The van der Waals surface area contributed by atoms with Crippen LogP contribution >= 0.6 is 11.5 Å². The summed E-state index contributed by atoms with van der Waals surface area (Å²) in [6.07, 6.45) is 1.01. The average Bonchev–Trinajstić information content (AvgIpc) is 2.97.